The predicted molar refractivity (Wildman–Crippen MR) is 62.4 cm³/mol. The topological polar surface area (TPSA) is 0 Å². The molecule has 0 nitrogen and oxygen atoms in total. The van der Waals surface area contributed by atoms with Gasteiger partial charge >= 0.3 is 0 Å². The molecule has 0 N–H and O–H groups in total. The highest BCUT2D eigenvalue weighted by Crippen LogP contribution is 2.37. The van der Waals surface area contributed by atoms with Gasteiger partial charge in [-0.25, -0.2) is 0 Å². The maximum absolute atomic E-state index is 1.56. The van der Waals surface area contributed by atoms with Gasteiger partial charge in [-0.05, 0) is 11.8 Å². The Morgan fingerprint density at radius 1 is 0.357 bits per heavy atom. The molecule has 0 amide bonds. The molecule has 0 aromatic rings. The van der Waals surface area contributed by atoms with Gasteiger partial charge in [0.2, 0.25) is 0 Å². The fourth-order valence-electron chi connectivity index (χ4n) is 3.56. The fourth-order valence-corrected chi connectivity index (χ4v) is 3.56. The van der Waals surface area contributed by atoms with Gasteiger partial charge < -0.3 is 0 Å². The largest absolute Gasteiger partial charge is 0.0533 e. The first-order chi connectivity index (χ1) is 6.97. The Bertz CT molecular complexity index is 132. The van der Waals surface area contributed by atoms with E-state index in [0.717, 1.165) is 11.8 Å². The van der Waals surface area contributed by atoms with Crippen LogP contribution in [0.25, 0.3) is 0 Å². The molecule has 0 saturated heterocycles. The fraction of sp³-hybridized carbons (Fsp3) is 1.00. The molecule has 2 unspecified atom stereocenters. The highest BCUT2D eigenvalue weighted by Gasteiger charge is 2.24. The van der Waals surface area contributed by atoms with E-state index in [0.29, 0.717) is 0 Å². The van der Waals surface area contributed by atoms with Crippen LogP contribution in [-0.4, -0.2) is 0 Å². The van der Waals surface area contributed by atoms with Crippen molar-refractivity contribution in [3.05, 3.63) is 0 Å². The zero-order valence-corrected chi connectivity index (χ0v) is 9.64. The summed E-state index contributed by atoms with van der Waals surface area (Å²) in [6, 6.07) is 0. The van der Waals surface area contributed by atoms with E-state index in [2.05, 4.69) is 0 Å². The van der Waals surface area contributed by atoms with Gasteiger partial charge in [0, 0.05) is 0 Å². The van der Waals surface area contributed by atoms with Gasteiger partial charge in [0.15, 0.2) is 0 Å². The third-order valence-electron chi connectivity index (χ3n) is 4.47. The standard InChI is InChI=1S/C14H26/c1-2-4-6-10-14-12-8-7-11-13(14)9-5-3-1/h13-14H,1-12H2. The molecule has 14 heavy (non-hydrogen) atoms. The van der Waals surface area contributed by atoms with Crippen molar-refractivity contribution in [3.8, 4) is 0 Å². The zero-order chi connectivity index (χ0) is 9.64. The van der Waals surface area contributed by atoms with Crippen molar-refractivity contribution in [2.75, 3.05) is 0 Å². The van der Waals surface area contributed by atoms with Crippen molar-refractivity contribution in [1.82, 2.24) is 0 Å². The lowest BCUT2D eigenvalue weighted by Crippen LogP contribution is -2.20. The van der Waals surface area contributed by atoms with Gasteiger partial charge in [0.1, 0.15) is 0 Å². The summed E-state index contributed by atoms with van der Waals surface area (Å²) in [5.74, 6) is 2.25. The van der Waals surface area contributed by atoms with Crippen molar-refractivity contribution >= 4 is 0 Å². The van der Waals surface area contributed by atoms with Crippen molar-refractivity contribution < 1.29 is 0 Å². The molecule has 0 spiro atoms. The summed E-state index contributed by atoms with van der Waals surface area (Å²) in [6.45, 7) is 0. The van der Waals surface area contributed by atoms with Crippen LogP contribution in [-0.2, 0) is 0 Å². The van der Waals surface area contributed by atoms with Crippen molar-refractivity contribution in [2.45, 2.75) is 77.0 Å². The van der Waals surface area contributed by atoms with E-state index in [1.807, 2.05) is 0 Å². The van der Waals surface area contributed by atoms with Crippen LogP contribution in [0, 0.1) is 11.8 Å². The van der Waals surface area contributed by atoms with Crippen LogP contribution in [0.15, 0.2) is 0 Å². The van der Waals surface area contributed by atoms with E-state index in [-0.39, 0.29) is 0 Å². The van der Waals surface area contributed by atoms with E-state index in [1.165, 1.54) is 51.4 Å². The molecule has 2 atom stereocenters. The molecule has 2 aliphatic carbocycles. The summed E-state index contributed by atoms with van der Waals surface area (Å²) in [6.07, 6.45) is 18.4. The van der Waals surface area contributed by atoms with Crippen LogP contribution in [0.4, 0.5) is 0 Å². The molecule has 0 heteroatoms. The third kappa shape index (κ3) is 3.00. The maximum Gasteiger partial charge on any atom is -0.0386 e. The van der Waals surface area contributed by atoms with Crippen molar-refractivity contribution in [3.63, 3.8) is 0 Å². The molecule has 2 saturated carbocycles. The molecular formula is C14H26. The lowest BCUT2D eigenvalue weighted by Gasteiger charge is -2.32. The molecule has 2 rings (SSSR count). The van der Waals surface area contributed by atoms with Crippen LogP contribution in [0.1, 0.15) is 77.0 Å². The van der Waals surface area contributed by atoms with E-state index in [4.69, 9.17) is 0 Å². The summed E-state index contributed by atoms with van der Waals surface area (Å²) < 4.78 is 0. The smallest absolute Gasteiger partial charge is 0.0386 e. The Hall–Kier alpha value is 0. The van der Waals surface area contributed by atoms with E-state index < -0.39 is 0 Å². The molecule has 2 aliphatic rings. The first-order valence-electron chi connectivity index (χ1n) is 6.97. The van der Waals surface area contributed by atoms with Crippen LogP contribution >= 0.6 is 0 Å². The number of hydrogen-bond donors (Lipinski definition) is 0. The SMILES string of the molecule is C1CCCCC2CCCCC2CCC1. The molecule has 0 aliphatic heterocycles. The molecule has 82 valence electrons. The summed E-state index contributed by atoms with van der Waals surface area (Å²) in [5, 5.41) is 0. The molecule has 2 fully saturated rings. The molecule has 0 aromatic heterocycles. The van der Waals surface area contributed by atoms with Crippen LogP contribution in [0.5, 0.6) is 0 Å². The molecule has 0 radical (unpaired) electrons. The number of fused-ring (bicyclic) bond motifs is 1. The van der Waals surface area contributed by atoms with Crippen LogP contribution < -0.4 is 0 Å². The minimum absolute atomic E-state index is 1.13. The number of rotatable bonds is 0. The average molecular weight is 194 g/mol. The van der Waals surface area contributed by atoms with Gasteiger partial charge in [0.05, 0.1) is 0 Å². The summed E-state index contributed by atoms with van der Waals surface area (Å²) in [4.78, 5) is 0. The second kappa shape index (κ2) is 5.78. The van der Waals surface area contributed by atoms with Gasteiger partial charge in [-0.15, -0.1) is 0 Å². The van der Waals surface area contributed by atoms with Gasteiger partial charge in [-0.3, -0.25) is 0 Å². The Kier molecular flexibility index (Phi) is 4.34. The van der Waals surface area contributed by atoms with Gasteiger partial charge in [-0.2, -0.15) is 0 Å². The second-order valence-corrected chi connectivity index (χ2v) is 5.50. The van der Waals surface area contributed by atoms with Crippen LogP contribution in [0.3, 0.4) is 0 Å². The summed E-state index contributed by atoms with van der Waals surface area (Å²) in [7, 11) is 0. The number of hydrogen-bond acceptors (Lipinski definition) is 0. The highest BCUT2D eigenvalue weighted by molar-refractivity contribution is 4.76. The van der Waals surface area contributed by atoms with Crippen molar-refractivity contribution in [2.24, 2.45) is 11.8 Å². The third-order valence-corrected chi connectivity index (χ3v) is 4.47. The monoisotopic (exact) mass is 194 g/mol. The van der Waals surface area contributed by atoms with E-state index >= 15 is 0 Å². The Balaban J connectivity index is 1.84. The average Bonchev–Trinajstić information content (AvgIpc) is 2.25. The quantitative estimate of drug-likeness (QED) is 0.513. The van der Waals surface area contributed by atoms with Crippen LogP contribution in [0.2, 0.25) is 0 Å². The Labute approximate surface area is 89.5 Å². The lowest BCUT2D eigenvalue weighted by molar-refractivity contribution is 0.198. The minimum Gasteiger partial charge on any atom is -0.0533 e. The predicted octanol–water partition coefficient (Wildman–Crippen LogP) is 4.93. The summed E-state index contributed by atoms with van der Waals surface area (Å²) in [5.41, 5.74) is 0. The van der Waals surface area contributed by atoms with E-state index in [1.54, 1.807) is 25.7 Å². The highest BCUT2D eigenvalue weighted by atomic mass is 14.3. The van der Waals surface area contributed by atoms with Crippen molar-refractivity contribution in [1.29, 1.82) is 0 Å². The summed E-state index contributed by atoms with van der Waals surface area (Å²) >= 11 is 0. The minimum atomic E-state index is 1.13. The Morgan fingerprint density at radius 3 is 1.07 bits per heavy atom. The molecule has 0 heterocycles. The molecule has 0 aromatic carbocycles. The molecular weight excluding hydrogens is 168 g/mol. The van der Waals surface area contributed by atoms with Gasteiger partial charge in [0.25, 0.3) is 0 Å². The van der Waals surface area contributed by atoms with E-state index in [9.17, 15) is 0 Å². The second-order valence-electron chi connectivity index (χ2n) is 5.50. The first kappa shape index (κ1) is 10.5. The maximum atomic E-state index is 1.56. The lowest BCUT2D eigenvalue weighted by atomic mass is 9.74. The first-order valence-corrected chi connectivity index (χ1v) is 6.97. The zero-order valence-electron chi connectivity index (χ0n) is 9.64. The molecule has 0 bridgehead atoms. The normalized spacial score (nSPS) is 36.0. The van der Waals surface area contributed by atoms with Gasteiger partial charge in [-0.1, -0.05) is 77.0 Å². The Morgan fingerprint density at radius 2 is 0.643 bits per heavy atom.